The molecular formula is C21H16ClF3N2O3S. The van der Waals surface area contributed by atoms with Gasteiger partial charge in [0.1, 0.15) is 0 Å². The lowest BCUT2D eigenvalue weighted by Gasteiger charge is -2.15. The Morgan fingerprint density at radius 1 is 0.935 bits per heavy atom. The van der Waals surface area contributed by atoms with Crippen molar-refractivity contribution >= 4 is 38.9 Å². The quantitative estimate of drug-likeness (QED) is 0.503. The average molecular weight is 469 g/mol. The average Bonchev–Trinajstić information content (AvgIpc) is 2.69. The third-order valence-corrected chi connectivity index (χ3v) is 5.95. The second-order valence-corrected chi connectivity index (χ2v) is 8.71. The molecule has 162 valence electrons. The number of benzene rings is 3. The summed E-state index contributed by atoms with van der Waals surface area (Å²) in [5.74, 6) is -0.424. The van der Waals surface area contributed by atoms with Crippen molar-refractivity contribution in [1.82, 2.24) is 0 Å². The second kappa shape index (κ2) is 8.60. The topological polar surface area (TPSA) is 75.3 Å². The molecule has 0 radical (unpaired) electrons. The molecule has 0 saturated heterocycles. The number of nitrogens with one attached hydrogen (secondary N) is 2. The van der Waals surface area contributed by atoms with Crippen LogP contribution in [0.4, 0.5) is 24.5 Å². The van der Waals surface area contributed by atoms with Crippen molar-refractivity contribution in [3.05, 3.63) is 88.4 Å². The van der Waals surface area contributed by atoms with E-state index in [0.717, 1.165) is 12.1 Å². The van der Waals surface area contributed by atoms with Crippen LogP contribution < -0.4 is 10.0 Å². The third kappa shape index (κ3) is 5.36. The number of rotatable bonds is 5. The van der Waals surface area contributed by atoms with Crippen LogP contribution in [-0.4, -0.2) is 14.3 Å². The Hall–Kier alpha value is -3.04. The number of hydrogen-bond acceptors (Lipinski definition) is 3. The molecule has 3 aromatic rings. The van der Waals surface area contributed by atoms with E-state index >= 15 is 0 Å². The summed E-state index contributed by atoms with van der Waals surface area (Å²) in [6.07, 6.45) is -4.72. The molecule has 0 bridgehead atoms. The van der Waals surface area contributed by atoms with Crippen LogP contribution >= 0.6 is 11.6 Å². The number of halogens is 4. The highest BCUT2D eigenvalue weighted by Gasteiger charge is 2.34. The first-order valence-electron chi connectivity index (χ1n) is 8.84. The fraction of sp³-hybridized carbons (Fsp3) is 0.0952. The van der Waals surface area contributed by atoms with Crippen LogP contribution in [0, 0.1) is 6.92 Å². The summed E-state index contributed by atoms with van der Waals surface area (Å²) in [6, 6.07) is 14.3. The summed E-state index contributed by atoms with van der Waals surface area (Å²) in [4.78, 5) is 12.1. The van der Waals surface area contributed by atoms with Gasteiger partial charge in [-0.2, -0.15) is 13.2 Å². The van der Waals surface area contributed by atoms with Crippen LogP contribution in [0.15, 0.2) is 71.6 Å². The molecule has 3 aromatic carbocycles. The molecule has 0 fully saturated rings. The minimum Gasteiger partial charge on any atom is -0.322 e. The number of para-hydroxylation sites is 1. The molecule has 0 saturated carbocycles. The summed E-state index contributed by atoms with van der Waals surface area (Å²) in [6.45, 7) is 1.57. The molecule has 0 heterocycles. The van der Waals surface area contributed by atoms with E-state index in [1.165, 1.54) is 42.5 Å². The minimum atomic E-state index is -4.72. The number of aryl methyl sites for hydroxylation is 1. The van der Waals surface area contributed by atoms with Crippen molar-refractivity contribution in [2.24, 2.45) is 0 Å². The standard InChI is InChI=1S/C21H16ClF3N2O3S/c1-13-12-16(10-11-18(13)26-20(28)14-6-8-15(22)9-7-14)31(29,30)27-19-5-3-2-4-17(19)21(23,24)25/h2-12,27H,1H3,(H,26,28). The fourth-order valence-corrected chi connectivity index (χ4v) is 4.05. The van der Waals surface area contributed by atoms with Gasteiger partial charge in [0.15, 0.2) is 0 Å². The molecule has 2 N–H and O–H groups in total. The smallest absolute Gasteiger partial charge is 0.322 e. The monoisotopic (exact) mass is 468 g/mol. The normalized spacial score (nSPS) is 11.8. The van der Waals surface area contributed by atoms with Gasteiger partial charge < -0.3 is 5.32 Å². The molecular weight excluding hydrogens is 453 g/mol. The van der Waals surface area contributed by atoms with E-state index in [4.69, 9.17) is 11.6 Å². The summed E-state index contributed by atoms with van der Waals surface area (Å²) < 4.78 is 66.7. The van der Waals surface area contributed by atoms with Crippen LogP contribution in [0.25, 0.3) is 0 Å². The Balaban J connectivity index is 1.84. The first-order valence-corrected chi connectivity index (χ1v) is 10.7. The fourth-order valence-electron chi connectivity index (χ4n) is 2.76. The molecule has 10 heteroatoms. The number of amides is 1. The maximum atomic E-state index is 13.1. The zero-order chi connectivity index (χ0) is 22.8. The molecule has 0 aliphatic carbocycles. The predicted molar refractivity (Wildman–Crippen MR) is 113 cm³/mol. The Morgan fingerprint density at radius 3 is 2.19 bits per heavy atom. The van der Waals surface area contributed by atoms with Crippen molar-refractivity contribution in [2.45, 2.75) is 18.0 Å². The van der Waals surface area contributed by atoms with Gasteiger partial charge in [-0.3, -0.25) is 9.52 Å². The second-order valence-electron chi connectivity index (χ2n) is 6.59. The molecule has 0 aliphatic heterocycles. The maximum Gasteiger partial charge on any atom is 0.418 e. The highest BCUT2D eigenvalue weighted by atomic mass is 35.5. The summed E-state index contributed by atoms with van der Waals surface area (Å²) in [5, 5.41) is 3.13. The molecule has 0 unspecified atom stereocenters. The Bertz CT molecular complexity index is 1230. The van der Waals surface area contributed by atoms with E-state index in [2.05, 4.69) is 5.32 Å². The van der Waals surface area contributed by atoms with Crippen LogP contribution in [-0.2, 0) is 16.2 Å². The zero-order valence-electron chi connectivity index (χ0n) is 16.0. The van der Waals surface area contributed by atoms with Crippen molar-refractivity contribution in [1.29, 1.82) is 0 Å². The highest BCUT2D eigenvalue weighted by Crippen LogP contribution is 2.35. The van der Waals surface area contributed by atoms with Gasteiger partial charge in [-0.1, -0.05) is 23.7 Å². The Labute approximate surface area is 181 Å². The number of hydrogen-bond donors (Lipinski definition) is 2. The predicted octanol–water partition coefficient (Wildman–Crippen LogP) is 5.72. The van der Waals surface area contributed by atoms with Crippen LogP contribution in [0.2, 0.25) is 5.02 Å². The lowest BCUT2D eigenvalue weighted by Crippen LogP contribution is -2.18. The molecule has 0 atom stereocenters. The van der Waals surface area contributed by atoms with E-state index in [9.17, 15) is 26.4 Å². The number of anilines is 2. The first-order chi connectivity index (χ1) is 14.5. The van der Waals surface area contributed by atoms with Gasteiger partial charge in [0.2, 0.25) is 0 Å². The van der Waals surface area contributed by atoms with Gasteiger partial charge in [0.05, 0.1) is 16.1 Å². The van der Waals surface area contributed by atoms with Gasteiger partial charge in [-0.25, -0.2) is 8.42 Å². The summed E-state index contributed by atoms with van der Waals surface area (Å²) >= 11 is 5.80. The molecule has 0 aromatic heterocycles. The van der Waals surface area contributed by atoms with E-state index in [-0.39, 0.29) is 4.90 Å². The molecule has 3 rings (SSSR count). The van der Waals surface area contributed by atoms with E-state index in [1.807, 2.05) is 4.72 Å². The molecule has 31 heavy (non-hydrogen) atoms. The zero-order valence-corrected chi connectivity index (χ0v) is 17.6. The third-order valence-electron chi connectivity index (χ3n) is 4.34. The summed E-state index contributed by atoms with van der Waals surface area (Å²) in [7, 11) is -4.30. The van der Waals surface area contributed by atoms with Crippen molar-refractivity contribution < 1.29 is 26.4 Å². The molecule has 0 spiro atoms. The SMILES string of the molecule is Cc1cc(S(=O)(=O)Nc2ccccc2C(F)(F)F)ccc1NC(=O)c1ccc(Cl)cc1. The maximum absolute atomic E-state index is 13.1. The number of alkyl halides is 3. The van der Waals surface area contributed by atoms with E-state index in [0.29, 0.717) is 21.8 Å². The highest BCUT2D eigenvalue weighted by molar-refractivity contribution is 7.92. The van der Waals surface area contributed by atoms with Gasteiger partial charge in [0.25, 0.3) is 15.9 Å². The molecule has 5 nitrogen and oxygen atoms in total. The van der Waals surface area contributed by atoms with Gasteiger partial charge in [-0.15, -0.1) is 0 Å². The van der Waals surface area contributed by atoms with Crippen molar-refractivity contribution in [2.75, 3.05) is 10.0 Å². The number of carbonyl (C=O) groups is 1. The van der Waals surface area contributed by atoms with Gasteiger partial charge in [-0.05, 0) is 67.1 Å². The lowest BCUT2D eigenvalue weighted by molar-refractivity contribution is -0.136. The van der Waals surface area contributed by atoms with E-state index in [1.54, 1.807) is 19.1 Å². The van der Waals surface area contributed by atoms with Crippen LogP contribution in [0.1, 0.15) is 21.5 Å². The van der Waals surface area contributed by atoms with Gasteiger partial charge >= 0.3 is 6.18 Å². The Morgan fingerprint density at radius 2 is 1.58 bits per heavy atom. The van der Waals surface area contributed by atoms with Crippen LogP contribution in [0.5, 0.6) is 0 Å². The lowest BCUT2D eigenvalue weighted by atomic mass is 10.1. The Kier molecular flexibility index (Phi) is 6.28. The van der Waals surface area contributed by atoms with Crippen molar-refractivity contribution in [3.63, 3.8) is 0 Å². The number of sulfonamides is 1. The van der Waals surface area contributed by atoms with Crippen molar-refractivity contribution in [3.8, 4) is 0 Å². The first kappa shape index (κ1) is 22.6. The van der Waals surface area contributed by atoms with Crippen LogP contribution in [0.3, 0.4) is 0 Å². The largest absolute Gasteiger partial charge is 0.418 e. The molecule has 0 aliphatic rings. The number of carbonyl (C=O) groups excluding carboxylic acids is 1. The van der Waals surface area contributed by atoms with E-state index < -0.39 is 33.4 Å². The molecule has 1 amide bonds. The van der Waals surface area contributed by atoms with Gasteiger partial charge in [0, 0.05) is 16.3 Å². The minimum absolute atomic E-state index is 0.244. The summed E-state index contributed by atoms with van der Waals surface area (Å²) in [5.41, 5.74) is -0.551.